The van der Waals surface area contributed by atoms with Gasteiger partial charge in [0.2, 0.25) is 11.8 Å². The molecule has 3 rings (SSSR count). The molecule has 0 spiro atoms. The highest BCUT2D eigenvalue weighted by Gasteiger charge is 2.37. The van der Waals surface area contributed by atoms with Crippen LogP contribution >= 0.6 is 0 Å². The number of rotatable bonds is 4. The molecule has 14 heteroatoms. The number of aromatic hydroxyl groups is 2. The van der Waals surface area contributed by atoms with Crippen molar-refractivity contribution in [3.05, 3.63) is 29.8 Å². The maximum atomic E-state index is 13.2. The predicted molar refractivity (Wildman–Crippen MR) is 82.9 cm³/mol. The molecule has 0 fully saturated rings. The van der Waals surface area contributed by atoms with E-state index in [1.165, 1.54) is 0 Å². The number of halogens is 3. The van der Waals surface area contributed by atoms with E-state index in [0.29, 0.717) is 10.6 Å². The number of nitrogens with zero attached hydrogens (tertiary/aromatic N) is 4. The van der Waals surface area contributed by atoms with Gasteiger partial charge in [-0.25, -0.2) is 0 Å². The molecule has 2 aromatic heterocycles. The molecule has 0 saturated heterocycles. The smallest absolute Gasteiger partial charge is 0.418 e. The van der Waals surface area contributed by atoms with Crippen molar-refractivity contribution >= 4 is 21.5 Å². The molecule has 0 amide bonds. The number of aromatic nitrogens is 4. The minimum atomic E-state index is -4.87. The fraction of sp³-hybridized carbons (Fsp3) is 0.154. The Hall–Kier alpha value is -3.29. The first kappa shape index (κ1) is 18.5. The summed E-state index contributed by atoms with van der Waals surface area (Å²) in [5.41, 5.74) is -2.14. The van der Waals surface area contributed by atoms with Gasteiger partial charge in [0.25, 0.3) is 21.0 Å². The Labute approximate surface area is 148 Å². The topological polar surface area (TPSA) is 139 Å². The Morgan fingerprint density at radius 1 is 1.22 bits per heavy atom. The maximum absolute atomic E-state index is 13.2. The molecule has 3 N–H and O–H groups in total. The zero-order chi connectivity index (χ0) is 20.0. The van der Waals surface area contributed by atoms with Crippen molar-refractivity contribution in [2.45, 2.75) is 11.3 Å². The molecule has 3 aromatic rings. The highest BCUT2D eigenvalue weighted by molar-refractivity contribution is 7.92. The third kappa shape index (κ3) is 3.38. The van der Waals surface area contributed by atoms with Crippen LogP contribution in [-0.4, -0.2) is 45.3 Å². The van der Waals surface area contributed by atoms with Gasteiger partial charge in [-0.15, -0.1) is 5.10 Å². The number of alkyl halides is 3. The summed E-state index contributed by atoms with van der Waals surface area (Å²) in [5.74, 6) is -2.20. The lowest BCUT2D eigenvalue weighted by Gasteiger charge is -2.16. The summed E-state index contributed by atoms with van der Waals surface area (Å²) >= 11 is 0. The van der Waals surface area contributed by atoms with Crippen molar-refractivity contribution < 1.29 is 36.5 Å². The highest BCUT2D eigenvalue weighted by atomic mass is 32.2. The highest BCUT2D eigenvalue weighted by Crippen LogP contribution is 2.40. The fourth-order valence-electron chi connectivity index (χ4n) is 2.16. The second-order valence-electron chi connectivity index (χ2n) is 5.06. The number of hydrogen-bond acceptors (Lipinski definition) is 8. The third-order valence-corrected chi connectivity index (χ3v) is 4.42. The van der Waals surface area contributed by atoms with E-state index in [4.69, 9.17) is 4.74 Å². The molecule has 0 aliphatic rings. The summed E-state index contributed by atoms with van der Waals surface area (Å²) in [5, 5.41) is 21.4. The Morgan fingerprint density at radius 2 is 1.93 bits per heavy atom. The summed E-state index contributed by atoms with van der Waals surface area (Å²) in [6.07, 6.45) is -4.87. The molecule has 0 aliphatic heterocycles. The second-order valence-corrected chi connectivity index (χ2v) is 6.64. The first-order chi connectivity index (χ1) is 12.5. The lowest BCUT2D eigenvalue weighted by atomic mass is 10.1. The Morgan fingerprint density at radius 3 is 2.56 bits per heavy atom. The number of fused-ring (bicyclic) bond motifs is 1. The van der Waals surface area contributed by atoms with Crippen molar-refractivity contribution in [3.63, 3.8) is 0 Å². The normalized spacial score (nSPS) is 12.3. The van der Waals surface area contributed by atoms with Crippen molar-refractivity contribution in [2.75, 3.05) is 11.8 Å². The quantitative estimate of drug-likeness (QED) is 0.591. The summed E-state index contributed by atoms with van der Waals surface area (Å²) < 4.78 is 71.7. The molecule has 0 bridgehead atoms. The molecule has 144 valence electrons. The van der Waals surface area contributed by atoms with Crippen molar-refractivity contribution in [1.82, 2.24) is 19.6 Å². The minimum absolute atomic E-state index is 0.379. The Kier molecular flexibility index (Phi) is 4.22. The van der Waals surface area contributed by atoms with E-state index in [9.17, 15) is 31.8 Å². The molecule has 0 radical (unpaired) electrons. The van der Waals surface area contributed by atoms with E-state index in [1.54, 1.807) is 4.72 Å². The van der Waals surface area contributed by atoms with Crippen LogP contribution in [0.5, 0.6) is 17.5 Å². The molecule has 0 unspecified atom stereocenters. The van der Waals surface area contributed by atoms with Gasteiger partial charge < -0.3 is 14.9 Å². The molecule has 0 atom stereocenters. The van der Waals surface area contributed by atoms with E-state index in [-0.39, 0.29) is 5.75 Å². The monoisotopic (exact) mass is 405 g/mol. The van der Waals surface area contributed by atoms with Gasteiger partial charge in [-0.2, -0.15) is 36.1 Å². The number of hydrogen-bond donors (Lipinski definition) is 3. The van der Waals surface area contributed by atoms with Gasteiger partial charge in [-0.1, -0.05) is 6.07 Å². The summed E-state index contributed by atoms with van der Waals surface area (Å²) in [6, 6.07) is 3.62. The lowest BCUT2D eigenvalue weighted by molar-refractivity contribution is -0.137. The van der Waals surface area contributed by atoms with Crippen LogP contribution in [0.2, 0.25) is 0 Å². The van der Waals surface area contributed by atoms with Crippen molar-refractivity contribution in [1.29, 1.82) is 0 Å². The van der Waals surface area contributed by atoms with Crippen LogP contribution in [0.15, 0.2) is 29.4 Å². The maximum Gasteiger partial charge on any atom is 0.418 e. The molecule has 27 heavy (non-hydrogen) atoms. The standard InChI is InChI=1S/C13H10F3N5O5S/c1-26-7-4-2-3-6(13(14,15)16)10(7)20-27(24,25)12-18-11-17-8(22)5-9(23)21(11)19-12/h2-5,20,23H,1H3,(H,17,18,19,22). The van der Waals surface area contributed by atoms with Crippen LogP contribution in [0, 0.1) is 0 Å². The molecule has 2 heterocycles. The van der Waals surface area contributed by atoms with Gasteiger partial charge in [0, 0.05) is 0 Å². The van der Waals surface area contributed by atoms with Crippen molar-refractivity contribution in [2.24, 2.45) is 0 Å². The van der Waals surface area contributed by atoms with Gasteiger partial charge in [-0.3, -0.25) is 4.72 Å². The van der Waals surface area contributed by atoms with Crippen LogP contribution in [0.4, 0.5) is 18.9 Å². The van der Waals surface area contributed by atoms with Gasteiger partial charge in [0.1, 0.15) is 11.4 Å². The summed E-state index contributed by atoms with van der Waals surface area (Å²) in [4.78, 5) is 6.95. The van der Waals surface area contributed by atoms with Gasteiger partial charge in [0.05, 0.1) is 18.7 Å². The number of anilines is 1. The summed E-state index contributed by atoms with van der Waals surface area (Å²) in [7, 11) is -3.66. The largest absolute Gasteiger partial charge is 0.495 e. The number of methoxy groups -OCH3 is 1. The first-order valence-corrected chi connectivity index (χ1v) is 8.44. The number of ether oxygens (including phenoxy) is 1. The molecule has 0 aliphatic carbocycles. The number of sulfonamides is 1. The van der Waals surface area contributed by atoms with Gasteiger partial charge >= 0.3 is 6.18 Å². The SMILES string of the molecule is COc1cccc(C(F)(F)F)c1NS(=O)(=O)c1nc2nc(O)cc(O)n2n1. The molecular formula is C13H10F3N5O5S. The molecule has 0 saturated carbocycles. The number of nitrogens with one attached hydrogen (secondary N) is 1. The van der Waals surface area contributed by atoms with E-state index >= 15 is 0 Å². The molecule has 10 nitrogen and oxygen atoms in total. The van der Waals surface area contributed by atoms with E-state index < -0.39 is 50.1 Å². The first-order valence-electron chi connectivity index (χ1n) is 6.95. The minimum Gasteiger partial charge on any atom is -0.495 e. The average molecular weight is 405 g/mol. The van der Waals surface area contributed by atoms with Crippen LogP contribution in [-0.2, 0) is 16.2 Å². The van der Waals surface area contributed by atoms with E-state index in [2.05, 4.69) is 15.1 Å². The average Bonchev–Trinajstić information content (AvgIpc) is 2.99. The molecule has 1 aromatic carbocycles. The number of para-hydroxylation sites is 1. The van der Waals surface area contributed by atoms with Crippen LogP contribution in [0.1, 0.15) is 5.56 Å². The Bertz CT molecular complexity index is 1130. The lowest BCUT2D eigenvalue weighted by Crippen LogP contribution is -2.19. The van der Waals surface area contributed by atoms with Crippen LogP contribution in [0.25, 0.3) is 5.78 Å². The van der Waals surface area contributed by atoms with E-state index in [1.807, 2.05) is 0 Å². The van der Waals surface area contributed by atoms with Crippen molar-refractivity contribution in [3.8, 4) is 17.5 Å². The van der Waals surface area contributed by atoms with Crippen LogP contribution < -0.4 is 9.46 Å². The Balaban J connectivity index is 2.12. The summed E-state index contributed by atoms with van der Waals surface area (Å²) in [6.45, 7) is 0. The second kappa shape index (κ2) is 6.15. The number of benzene rings is 1. The zero-order valence-electron chi connectivity index (χ0n) is 13.3. The zero-order valence-corrected chi connectivity index (χ0v) is 14.1. The predicted octanol–water partition coefficient (Wildman–Crippen LogP) is 1.36. The molecular weight excluding hydrogens is 395 g/mol. The van der Waals surface area contributed by atoms with E-state index in [0.717, 1.165) is 25.3 Å². The van der Waals surface area contributed by atoms with Crippen LogP contribution in [0.3, 0.4) is 0 Å². The fourth-order valence-corrected chi connectivity index (χ4v) is 3.12. The van der Waals surface area contributed by atoms with Gasteiger partial charge in [0.15, 0.2) is 0 Å². The third-order valence-electron chi connectivity index (χ3n) is 3.29. The van der Waals surface area contributed by atoms with Gasteiger partial charge in [-0.05, 0) is 12.1 Å².